The van der Waals surface area contributed by atoms with Gasteiger partial charge in [-0.25, -0.2) is 0 Å². The van der Waals surface area contributed by atoms with Gasteiger partial charge in [-0.15, -0.1) is 6.42 Å². The lowest BCUT2D eigenvalue weighted by molar-refractivity contribution is -0.122. The minimum Gasteiger partial charge on any atom is -0.496 e. The van der Waals surface area contributed by atoms with Crippen molar-refractivity contribution in [2.24, 2.45) is 0 Å². The molecule has 2 amide bonds. The Bertz CT molecular complexity index is 643. The van der Waals surface area contributed by atoms with E-state index in [-0.39, 0.29) is 17.7 Å². The molecule has 0 bridgehead atoms. The third-order valence-electron chi connectivity index (χ3n) is 2.84. The summed E-state index contributed by atoms with van der Waals surface area (Å²) in [7, 11) is 1.60. The molecule has 0 aliphatic carbocycles. The van der Waals surface area contributed by atoms with Crippen molar-refractivity contribution in [1.29, 1.82) is 0 Å². The first-order valence-corrected chi connectivity index (χ1v) is 6.72. The molecule has 1 aliphatic rings. The highest BCUT2D eigenvalue weighted by molar-refractivity contribution is 8.18. The molecule has 1 aromatic carbocycles. The Morgan fingerprint density at radius 3 is 2.80 bits per heavy atom. The average Bonchev–Trinajstić information content (AvgIpc) is 2.67. The summed E-state index contributed by atoms with van der Waals surface area (Å²) in [5.74, 6) is 2.75. The van der Waals surface area contributed by atoms with Gasteiger partial charge in [-0.05, 0) is 48.0 Å². The highest BCUT2D eigenvalue weighted by Crippen LogP contribution is 2.32. The molecule has 0 saturated carbocycles. The average molecular weight is 287 g/mol. The molecular weight excluding hydrogens is 274 g/mol. The summed E-state index contributed by atoms with van der Waals surface area (Å²) in [6, 6.07) is 5.56. The lowest BCUT2D eigenvalue weighted by Gasteiger charge is -2.07. The van der Waals surface area contributed by atoms with Gasteiger partial charge in [0.15, 0.2) is 0 Å². The summed E-state index contributed by atoms with van der Waals surface area (Å²) in [6.07, 6.45) is 6.83. The zero-order valence-electron chi connectivity index (χ0n) is 11.2. The van der Waals surface area contributed by atoms with Crippen LogP contribution in [-0.4, -0.2) is 29.7 Å². The fourth-order valence-electron chi connectivity index (χ4n) is 1.87. The zero-order valence-corrected chi connectivity index (χ0v) is 12.0. The third kappa shape index (κ3) is 2.70. The Morgan fingerprint density at radius 2 is 2.20 bits per heavy atom. The summed E-state index contributed by atoms with van der Waals surface area (Å²) in [4.78, 5) is 25.1. The smallest absolute Gasteiger partial charge is 0.294 e. The topological polar surface area (TPSA) is 46.6 Å². The van der Waals surface area contributed by atoms with E-state index in [2.05, 4.69) is 5.92 Å². The zero-order chi connectivity index (χ0) is 14.7. The molecule has 0 aromatic heterocycles. The molecule has 1 aliphatic heterocycles. The molecular formula is C15H13NO3S. The molecule has 4 nitrogen and oxygen atoms in total. The van der Waals surface area contributed by atoms with Crippen LogP contribution in [0.1, 0.15) is 11.1 Å². The molecule has 102 valence electrons. The molecule has 0 N–H and O–H groups in total. The summed E-state index contributed by atoms with van der Waals surface area (Å²) in [5, 5.41) is -0.329. The second kappa shape index (κ2) is 5.85. The maximum Gasteiger partial charge on any atom is 0.294 e. The first-order chi connectivity index (χ1) is 9.56. The molecule has 5 heteroatoms. The van der Waals surface area contributed by atoms with Gasteiger partial charge < -0.3 is 4.74 Å². The molecule has 1 fully saturated rings. The number of hydrogen-bond donors (Lipinski definition) is 0. The first kappa shape index (κ1) is 14.2. The number of imide groups is 1. The highest BCUT2D eigenvalue weighted by Gasteiger charge is 2.34. The first-order valence-electron chi connectivity index (χ1n) is 5.90. The van der Waals surface area contributed by atoms with Crippen LogP contribution in [0.5, 0.6) is 5.75 Å². The predicted molar refractivity (Wildman–Crippen MR) is 79.2 cm³/mol. The van der Waals surface area contributed by atoms with Crippen LogP contribution in [0.3, 0.4) is 0 Å². The number of benzene rings is 1. The quantitative estimate of drug-likeness (QED) is 0.633. The second-order valence-corrected chi connectivity index (χ2v) is 5.19. The number of methoxy groups -OCH3 is 1. The van der Waals surface area contributed by atoms with Crippen LogP contribution >= 0.6 is 11.8 Å². The number of thioether (sulfide) groups is 1. The van der Waals surface area contributed by atoms with Gasteiger partial charge in [0.05, 0.1) is 18.6 Å². The van der Waals surface area contributed by atoms with Crippen molar-refractivity contribution in [3.05, 3.63) is 34.2 Å². The van der Waals surface area contributed by atoms with Gasteiger partial charge in [-0.2, -0.15) is 0 Å². The van der Waals surface area contributed by atoms with Crippen LogP contribution < -0.4 is 4.74 Å². The van der Waals surface area contributed by atoms with E-state index in [0.717, 1.165) is 33.5 Å². The number of amides is 2. The largest absolute Gasteiger partial charge is 0.496 e. The second-order valence-electron chi connectivity index (χ2n) is 4.20. The van der Waals surface area contributed by atoms with E-state index in [0.29, 0.717) is 4.91 Å². The van der Waals surface area contributed by atoms with Gasteiger partial charge in [-0.3, -0.25) is 14.5 Å². The number of ether oxygens (including phenoxy) is 1. The summed E-state index contributed by atoms with van der Waals surface area (Å²) in [5.41, 5.74) is 1.80. The van der Waals surface area contributed by atoms with Gasteiger partial charge in [0.1, 0.15) is 5.75 Å². The number of hydrogen-bond acceptors (Lipinski definition) is 4. The van der Waals surface area contributed by atoms with Crippen LogP contribution in [0.2, 0.25) is 0 Å². The number of nitrogens with zero attached hydrogens (tertiary/aromatic N) is 1. The Hall–Kier alpha value is -2.19. The van der Waals surface area contributed by atoms with Crippen molar-refractivity contribution < 1.29 is 14.3 Å². The third-order valence-corrected chi connectivity index (χ3v) is 3.75. The van der Waals surface area contributed by atoms with Crippen LogP contribution in [0.15, 0.2) is 23.1 Å². The van der Waals surface area contributed by atoms with Crippen molar-refractivity contribution in [2.45, 2.75) is 6.92 Å². The Morgan fingerprint density at radius 1 is 1.45 bits per heavy atom. The van der Waals surface area contributed by atoms with Gasteiger partial charge in [0, 0.05) is 0 Å². The van der Waals surface area contributed by atoms with Crippen LogP contribution in [0.25, 0.3) is 6.08 Å². The maximum absolute atomic E-state index is 12.0. The molecule has 2 rings (SSSR count). The molecule has 0 unspecified atom stereocenters. The Balaban J connectivity index is 2.28. The van der Waals surface area contributed by atoms with E-state index in [4.69, 9.17) is 11.2 Å². The summed E-state index contributed by atoms with van der Waals surface area (Å²) in [6.45, 7) is 1.92. The number of aryl methyl sites for hydroxylation is 1. The number of rotatable bonds is 3. The SMILES string of the molecule is C#CCN1C(=O)S/C(=C\c2ccc(OC)c(C)c2)C1=O. The minimum absolute atomic E-state index is 0.00362. The normalized spacial score (nSPS) is 16.6. The van der Waals surface area contributed by atoms with E-state index in [1.54, 1.807) is 13.2 Å². The molecule has 1 saturated heterocycles. The highest BCUT2D eigenvalue weighted by atomic mass is 32.2. The van der Waals surface area contributed by atoms with Crippen LogP contribution in [0.4, 0.5) is 4.79 Å². The van der Waals surface area contributed by atoms with Crippen molar-refractivity contribution in [1.82, 2.24) is 4.90 Å². The van der Waals surface area contributed by atoms with Crippen LogP contribution in [-0.2, 0) is 4.79 Å². The van der Waals surface area contributed by atoms with E-state index in [9.17, 15) is 9.59 Å². The van der Waals surface area contributed by atoms with Crippen molar-refractivity contribution in [3.63, 3.8) is 0 Å². The van der Waals surface area contributed by atoms with E-state index >= 15 is 0 Å². The molecule has 0 spiro atoms. The molecule has 0 radical (unpaired) electrons. The monoisotopic (exact) mass is 287 g/mol. The summed E-state index contributed by atoms with van der Waals surface area (Å²) < 4.78 is 5.18. The standard InChI is InChI=1S/C15H13NO3S/c1-4-7-16-14(17)13(20-15(16)18)9-11-5-6-12(19-3)10(2)8-11/h1,5-6,8-9H,7H2,2-3H3/b13-9-. The minimum atomic E-state index is -0.341. The van der Waals surface area contributed by atoms with E-state index in [1.165, 1.54) is 0 Å². The van der Waals surface area contributed by atoms with Crippen molar-refractivity contribution in [2.75, 3.05) is 13.7 Å². The van der Waals surface area contributed by atoms with Crippen LogP contribution in [0, 0.1) is 19.3 Å². The number of carbonyl (C=O) groups excluding carboxylic acids is 2. The van der Waals surface area contributed by atoms with Crippen molar-refractivity contribution in [3.8, 4) is 18.1 Å². The molecule has 1 aromatic rings. The van der Waals surface area contributed by atoms with Crippen molar-refractivity contribution >= 4 is 29.0 Å². The number of carbonyl (C=O) groups is 2. The molecule has 1 heterocycles. The van der Waals surface area contributed by atoms with E-state index < -0.39 is 0 Å². The Labute approximate surface area is 121 Å². The van der Waals surface area contributed by atoms with E-state index in [1.807, 2.05) is 25.1 Å². The lowest BCUT2D eigenvalue weighted by atomic mass is 10.1. The lowest BCUT2D eigenvalue weighted by Crippen LogP contribution is -2.28. The maximum atomic E-state index is 12.0. The molecule has 0 atom stereocenters. The van der Waals surface area contributed by atoms with Gasteiger partial charge >= 0.3 is 0 Å². The summed E-state index contributed by atoms with van der Waals surface area (Å²) >= 11 is 0.904. The fraction of sp³-hybridized carbons (Fsp3) is 0.200. The van der Waals surface area contributed by atoms with Gasteiger partial charge in [0.2, 0.25) is 0 Å². The fourth-order valence-corrected chi connectivity index (χ4v) is 2.71. The predicted octanol–water partition coefficient (Wildman–Crippen LogP) is 2.67. The van der Waals surface area contributed by atoms with Gasteiger partial charge in [0.25, 0.3) is 11.1 Å². The number of terminal acetylenes is 1. The Kier molecular flexibility index (Phi) is 4.16. The molecule has 20 heavy (non-hydrogen) atoms. The van der Waals surface area contributed by atoms with Gasteiger partial charge in [-0.1, -0.05) is 12.0 Å².